The number of rotatable bonds is 5. The maximum atomic E-state index is 12.0. The quantitative estimate of drug-likeness (QED) is 0.675. The van der Waals surface area contributed by atoms with Crippen LogP contribution in [0.4, 0.5) is 5.69 Å². The average Bonchev–Trinajstić information content (AvgIpc) is 2.54. The third-order valence-corrected chi connectivity index (χ3v) is 3.04. The Morgan fingerprint density at radius 2 is 1.65 bits per heavy atom. The summed E-state index contributed by atoms with van der Waals surface area (Å²) in [5.74, 6) is -0.889. The Morgan fingerprint density at radius 1 is 1.00 bits per heavy atom. The number of carbonyl (C=O) groups excluding carboxylic acids is 2. The van der Waals surface area contributed by atoms with Crippen LogP contribution in [0.3, 0.4) is 0 Å². The topological polar surface area (TPSA) is 55.4 Å². The Labute approximate surface area is 135 Å². The maximum absolute atomic E-state index is 12.0. The van der Waals surface area contributed by atoms with E-state index in [1.54, 1.807) is 13.8 Å². The van der Waals surface area contributed by atoms with Crippen LogP contribution in [-0.4, -0.2) is 18.5 Å². The molecule has 0 fully saturated rings. The Morgan fingerprint density at radius 3 is 2.35 bits per heavy atom. The minimum Gasteiger partial charge on any atom is -0.452 e. The van der Waals surface area contributed by atoms with Gasteiger partial charge in [0.05, 0.1) is 0 Å². The second kappa shape index (κ2) is 7.94. The molecular formula is C19H19NO3. The SMILES string of the molecule is CC(C)=CC(=O)OCC(=O)Nc1ccccc1-c1ccccc1. The number of benzene rings is 2. The second-order valence-corrected chi connectivity index (χ2v) is 5.29. The zero-order valence-electron chi connectivity index (χ0n) is 13.2. The molecule has 4 nitrogen and oxygen atoms in total. The molecule has 2 rings (SSSR count). The average molecular weight is 309 g/mol. The van der Waals surface area contributed by atoms with Crippen molar-refractivity contribution in [1.82, 2.24) is 0 Å². The molecule has 0 aliphatic heterocycles. The van der Waals surface area contributed by atoms with Crippen LogP contribution in [0, 0.1) is 0 Å². The summed E-state index contributed by atoms with van der Waals surface area (Å²) in [6.45, 7) is 3.26. The summed E-state index contributed by atoms with van der Waals surface area (Å²) in [6, 6.07) is 17.3. The molecule has 4 heteroatoms. The van der Waals surface area contributed by atoms with Gasteiger partial charge in [0.15, 0.2) is 6.61 Å². The Hall–Kier alpha value is -2.88. The first-order chi connectivity index (χ1) is 11.1. The molecule has 0 aliphatic rings. The smallest absolute Gasteiger partial charge is 0.331 e. The van der Waals surface area contributed by atoms with E-state index >= 15 is 0 Å². The predicted molar refractivity (Wildman–Crippen MR) is 90.9 cm³/mol. The normalized spacial score (nSPS) is 9.83. The van der Waals surface area contributed by atoms with Gasteiger partial charge in [0, 0.05) is 17.3 Å². The molecule has 0 radical (unpaired) electrons. The first-order valence-corrected chi connectivity index (χ1v) is 7.32. The van der Waals surface area contributed by atoms with E-state index in [9.17, 15) is 9.59 Å². The van der Waals surface area contributed by atoms with Crippen LogP contribution in [0.5, 0.6) is 0 Å². The largest absolute Gasteiger partial charge is 0.452 e. The van der Waals surface area contributed by atoms with Crippen molar-refractivity contribution in [2.24, 2.45) is 0 Å². The van der Waals surface area contributed by atoms with Crippen LogP contribution >= 0.6 is 0 Å². The lowest BCUT2D eigenvalue weighted by Gasteiger charge is -2.11. The molecule has 0 aromatic heterocycles. The molecular weight excluding hydrogens is 290 g/mol. The Kier molecular flexibility index (Phi) is 5.69. The summed E-state index contributed by atoms with van der Waals surface area (Å²) >= 11 is 0. The van der Waals surface area contributed by atoms with Crippen LogP contribution in [0.15, 0.2) is 66.2 Å². The number of anilines is 1. The highest BCUT2D eigenvalue weighted by Gasteiger charge is 2.09. The monoisotopic (exact) mass is 309 g/mol. The molecule has 0 saturated carbocycles. The van der Waals surface area contributed by atoms with Crippen LogP contribution in [-0.2, 0) is 14.3 Å². The van der Waals surface area contributed by atoms with E-state index in [0.717, 1.165) is 16.7 Å². The molecule has 23 heavy (non-hydrogen) atoms. The van der Waals surface area contributed by atoms with Crippen molar-refractivity contribution < 1.29 is 14.3 Å². The number of nitrogens with one attached hydrogen (secondary N) is 1. The molecule has 0 atom stereocenters. The number of amides is 1. The molecule has 0 heterocycles. The van der Waals surface area contributed by atoms with Gasteiger partial charge in [0.2, 0.25) is 0 Å². The summed E-state index contributed by atoms with van der Waals surface area (Å²) < 4.78 is 4.91. The molecule has 1 N–H and O–H groups in total. The van der Waals surface area contributed by atoms with E-state index in [1.165, 1.54) is 6.08 Å². The fraction of sp³-hybridized carbons (Fsp3) is 0.158. The van der Waals surface area contributed by atoms with Crippen molar-refractivity contribution in [3.8, 4) is 11.1 Å². The number of hydrogen-bond acceptors (Lipinski definition) is 3. The number of carbonyl (C=O) groups is 2. The van der Waals surface area contributed by atoms with Gasteiger partial charge in [-0.05, 0) is 25.5 Å². The van der Waals surface area contributed by atoms with Gasteiger partial charge >= 0.3 is 5.97 Å². The van der Waals surface area contributed by atoms with E-state index in [2.05, 4.69) is 5.32 Å². The van der Waals surface area contributed by atoms with Gasteiger partial charge in [-0.25, -0.2) is 4.79 Å². The summed E-state index contributed by atoms with van der Waals surface area (Å²) in [4.78, 5) is 23.4. The standard InChI is InChI=1S/C19H19NO3/c1-14(2)12-19(22)23-13-18(21)20-17-11-7-6-10-16(17)15-8-4-3-5-9-15/h3-12H,13H2,1-2H3,(H,20,21). The molecule has 2 aromatic carbocycles. The van der Waals surface area contributed by atoms with Crippen LogP contribution < -0.4 is 5.32 Å². The van der Waals surface area contributed by atoms with Gasteiger partial charge in [0.25, 0.3) is 5.91 Å². The van der Waals surface area contributed by atoms with Crippen molar-refractivity contribution in [1.29, 1.82) is 0 Å². The molecule has 0 saturated heterocycles. The van der Waals surface area contributed by atoms with Crippen LogP contribution in [0.2, 0.25) is 0 Å². The summed E-state index contributed by atoms with van der Waals surface area (Å²) in [6.07, 6.45) is 1.35. The van der Waals surface area contributed by atoms with Gasteiger partial charge in [-0.1, -0.05) is 54.1 Å². The van der Waals surface area contributed by atoms with Crippen molar-refractivity contribution in [3.05, 3.63) is 66.2 Å². The third kappa shape index (κ3) is 5.11. The summed E-state index contributed by atoms with van der Waals surface area (Å²) in [7, 11) is 0. The highest BCUT2D eigenvalue weighted by Crippen LogP contribution is 2.27. The Bertz CT molecular complexity index is 716. The minimum absolute atomic E-state index is 0.314. The van der Waals surface area contributed by atoms with Crippen molar-refractivity contribution in [2.45, 2.75) is 13.8 Å². The zero-order chi connectivity index (χ0) is 16.7. The first-order valence-electron chi connectivity index (χ1n) is 7.32. The van der Waals surface area contributed by atoms with E-state index in [4.69, 9.17) is 4.74 Å². The molecule has 0 unspecified atom stereocenters. The third-order valence-electron chi connectivity index (χ3n) is 3.04. The van der Waals surface area contributed by atoms with Crippen LogP contribution in [0.1, 0.15) is 13.8 Å². The first kappa shape index (κ1) is 16.5. The lowest BCUT2D eigenvalue weighted by molar-refractivity contribution is -0.142. The molecule has 0 aliphatic carbocycles. The molecule has 0 bridgehead atoms. The number of allylic oxidation sites excluding steroid dienone is 1. The second-order valence-electron chi connectivity index (χ2n) is 5.29. The molecule has 0 spiro atoms. The molecule has 1 amide bonds. The predicted octanol–water partition coefficient (Wildman–Crippen LogP) is 3.80. The highest BCUT2D eigenvalue weighted by atomic mass is 16.5. The highest BCUT2D eigenvalue weighted by molar-refractivity contribution is 5.97. The molecule has 2 aromatic rings. The maximum Gasteiger partial charge on any atom is 0.331 e. The van der Waals surface area contributed by atoms with Crippen molar-refractivity contribution >= 4 is 17.6 Å². The number of ether oxygens (including phenoxy) is 1. The fourth-order valence-electron chi connectivity index (χ4n) is 2.06. The summed E-state index contributed by atoms with van der Waals surface area (Å²) in [5, 5.41) is 2.78. The van der Waals surface area contributed by atoms with Crippen LogP contribution in [0.25, 0.3) is 11.1 Å². The molecule has 118 valence electrons. The van der Waals surface area contributed by atoms with E-state index in [-0.39, 0.29) is 12.5 Å². The fourth-order valence-corrected chi connectivity index (χ4v) is 2.06. The zero-order valence-corrected chi connectivity index (χ0v) is 13.2. The van der Waals surface area contributed by atoms with E-state index in [1.807, 2.05) is 54.6 Å². The lowest BCUT2D eigenvalue weighted by Crippen LogP contribution is -2.20. The van der Waals surface area contributed by atoms with Gasteiger partial charge in [-0.2, -0.15) is 0 Å². The Balaban J connectivity index is 2.05. The van der Waals surface area contributed by atoms with E-state index < -0.39 is 5.97 Å². The lowest BCUT2D eigenvalue weighted by atomic mass is 10.0. The van der Waals surface area contributed by atoms with Gasteiger partial charge in [-0.3, -0.25) is 4.79 Å². The van der Waals surface area contributed by atoms with Crippen molar-refractivity contribution in [2.75, 3.05) is 11.9 Å². The van der Waals surface area contributed by atoms with Crippen molar-refractivity contribution in [3.63, 3.8) is 0 Å². The van der Waals surface area contributed by atoms with Gasteiger partial charge in [0.1, 0.15) is 0 Å². The van der Waals surface area contributed by atoms with Gasteiger partial charge < -0.3 is 10.1 Å². The number of esters is 1. The summed E-state index contributed by atoms with van der Waals surface area (Å²) in [5.41, 5.74) is 3.42. The van der Waals surface area contributed by atoms with E-state index in [0.29, 0.717) is 5.69 Å². The number of para-hydroxylation sites is 1. The minimum atomic E-state index is -0.517. The number of hydrogen-bond donors (Lipinski definition) is 1. The van der Waals surface area contributed by atoms with Gasteiger partial charge in [-0.15, -0.1) is 0 Å².